The summed E-state index contributed by atoms with van der Waals surface area (Å²) in [6.07, 6.45) is 2.17. The van der Waals surface area contributed by atoms with E-state index in [1.807, 2.05) is 6.07 Å². The average molecular weight is 490 g/mol. The topological polar surface area (TPSA) is 85.9 Å². The summed E-state index contributed by atoms with van der Waals surface area (Å²) in [5.41, 5.74) is 2.22. The number of halogens is 2. The lowest BCUT2D eigenvalue weighted by Crippen LogP contribution is -2.41. The second kappa shape index (κ2) is 11.5. The fourth-order valence-corrected chi connectivity index (χ4v) is 4.32. The molecule has 8 nitrogen and oxygen atoms in total. The van der Waals surface area contributed by atoms with E-state index < -0.39 is 11.8 Å². The lowest BCUT2D eigenvalue weighted by Gasteiger charge is -2.26. The van der Waals surface area contributed by atoms with Crippen LogP contribution < -0.4 is 20.9 Å². The normalized spacial score (nSPS) is 16.4. The van der Waals surface area contributed by atoms with Crippen molar-refractivity contribution >= 4 is 40.6 Å². The molecule has 0 aliphatic carbocycles. The van der Waals surface area contributed by atoms with Crippen LogP contribution in [0, 0.1) is 5.82 Å². The molecule has 2 aliphatic heterocycles. The van der Waals surface area contributed by atoms with E-state index in [2.05, 4.69) is 25.8 Å². The quantitative estimate of drug-likeness (QED) is 0.551. The van der Waals surface area contributed by atoms with Gasteiger partial charge in [-0.15, -0.1) is 0 Å². The molecule has 182 valence electrons. The minimum Gasteiger partial charge on any atom is -0.379 e. The predicted molar refractivity (Wildman–Crippen MR) is 132 cm³/mol. The third-order valence-electron chi connectivity index (χ3n) is 5.94. The number of urea groups is 1. The molecule has 2 aromatic carbocycles. The summed E-state index contributed by atoms with van der Waals surface area (Å²) in [4.78, 5) is 30.0. The predicted octanol–water partition coefficient (Wildman–Crippen LogP) is 3.79. The van der Waals surface area contributed by atoms with Gasteiger partial charge in [0, 0.05) is 56.3 Å². The van der Waals surface area contributed by atoms with E-state index >= 15 is 0 Å². The average Bonchev–Trinajstić information content (AvgIpc) is 3.37. The van der Waals surface area contributed by atoms with E-state index in [-0.39, 0.29) is 10.9 Å². The molecule has 2 aliphatic rings. The van der Waals surface area contributed by atoms with Gasteiger partial charge in [-0.25, -0.2) is 9.18 Å². The number of benzene rings is 2. The first kappa shape index (κ1) is 24.3. The van der Waals surface area contributed by atoms with Gasteiger partial charge in [0.2, 0.25) is 0 Å². The van der Waals surface area contributed by atoms with Gasteiger partial charge in [0.25, 0.3) is 5.91 Å². The van der Waals surface area contributed by atoms with Crippen LogP contribution in [0.25, 0.3) is 0 Å². The van der Waals surface area contributed by atoms with Crippen molar-refractivity contribution in [1.29, 1.82) is 0 Å². The van der Waals surface area contributed by atoms with Crippen LogP contribution in [0.3, 0.4) is 0 Å². The SMILES string of the molecule is O=C(Nc1ccc(F)c(Cl)c1)Nc1ccc(N2CCCC2)c(C(=O)NCCN2CCOCC2)c1. The van der Waals surface area contributed by atoms with Crippen molar-refractivity contribution in [3.8, 4) is 0 Å². The van der Waals surface area contributed by atoms with Gasteiger partial charge in [-0.05, 0) is 49.2 Å². The third-order valence-corrected chi connectivity index (χ3v) is 6.23. The van der Waals surface area contributed by atoms with E-state index in [1.54, 1.807) is 12.1 Å². The molecule has 0 spiro atoms. The van der Waals surface area contributed by atoms with Crippen molar-refractivity contribution in [2.75, 3.05) is 68.0 Å². The first-order chi connectivity index (χ1) is 16.5. The van der Waals surface area contributed by atoms with Crippen molar-refractivity contribution < 1.29 is 18.7 Å². The number of nitrogens with zero attached hydrogens (tertiary/aromatic N) is 2. The van der Waals surface area contributed by atoms with Gasteiger partial charge in [-0.1, -0.05) is 11.6 Å². The van der Waals surface area contributed by atoms with Gasteiger partial charge < -0.3 is 25.6 Å². The van der Waals surface area contributed by atoms with Crippen molar-refractivity contribution in [2.45, 2.75) is 12.8 Å². The number of nitrogens with one attached hydrogen (secondary N) is 3. The van der Waals surface area contributed by atoms with Gasteiger partial charge in [0.15, 0.2) is 0 Å². The highest BCUT2D eigenvalue weighted by Gasteiger charge is 2.21. The van der Waals surface area contributed by atoms with Crippen molar-refractivity contribution in [3.63, 3.8) is 0 Å². The molecule has 0 radical (unpaired) electrons. The first-order valence-electron chi connectivity index (χ1n) is 11.5. The Hall–Kier alpha value is -2.88. The summed E-state index contributed by atoms with van der Waals surface area (Å²) in [6, 6.07) is 8.75. The molecule has 2 heterocycles. The summed E-state index contributed by atoms with van der Waals surface area (Å²) in [7, 11) is 0. The van der Waals surface area contributed by atoms with Crippen molar-refractivity contribution in [3.05, 3.63) is 52.8 Å². The second-order valence-electron chi connectivity index (χ2n) is 8.34. The molecule has 0 atom stereocenters. The minimum atomic E-state index is -0.561. The Balaban J connectivity index is 1.43. The fraction of sp³-hybridized carbons (Fsp3) is 0.417. The molecule has 0 aromatic heterocycles. The molecule has 10 heteroatoms. The van der Waals surface area contributed by atoms with Crippen LogP contribution in [0.5, 0.6) is 0 Å². The van der Waals surface area contributed by atoms with Crippen LogP contribution in [0.4, 0.5) is 26.2 Å². The summed E-state index contributed by atoms with van der Waals surface area (Å²) >= 11 is 5.78. The van der Waals surface area contributed by atoms with Crippen molar-refractivity contribution in [2.24, 2.45) is 0 Å². The zero-order valence-corrected chi connectivity index (χ0v) is 19.7. The van der Waals surface area contributed by atoms with Crippen LogP contribution >= 0.6 is 11.6 Å². The molecule has 3 N–H and O–H groups in total. The Kier molecular flexibility index (Phi) is 8.21. The molecular formula is C24H29ClFN5O3. The molecule has 4 rings (SSSR count). The number of hydrogen-bond donors (Lipinski definition) is 3. The number of carbonyl (C=O) groups is 2. The Labute approximate surface area is 203 Å². The summed E-state index contributed by atoms with van der Waals surface area (Å²) in [5.74, 6) is -0.737. The first-order valence-corrected chi connectivity index (χ1v) is 11.9. The highest BCUT2D eigenvalue weighted by molar-refractivity contribution is 6.31. The lowest BCUT2D eigenvalue weighted by atomic mass is 10.1. The highest BCUT2D eigenvalue weighted by Crippen LogP contribution is 2.28. The molecule has 3 amide bonds. The van der Waals surface area contributed by atoms with E-state index in [0.717, 1.165) is 51.3 Å². The van der Waals surface area contributed by atoms with Gasteiger partial charge in [0.05, 0.1) is 23.8 Å². The Morgan fingerprint density at radius 1 is 0.971 bits per heavy atom. The van der Waals surface area contributed by atoms with E-state index in [4.69, 9.17) is 16.3 Å². The number of amides is 3. The standard InChI is InChI=1S/C24H29ClFN5O3/c25-20-16-18(3-5-21(20)26)29-24(33)28-17-4-6-22(31-8-1-2-9-31)19(15-17)23(32)27-7-10-30-11-13-34-14-12-30/h3-6,15-16H,1-2,7-14H2,(H,27,32)(H2,28,29,33). The summed E-state index contributed by atoms with van der Waals surface area (Å²) in [5, 5.41) is 8.29. The maximum absolute atomic E-state index is 13.4. The van der Waals surface area contributed by atoms with Crippen LogP contribution in [-0.2, 0) is 4.74 Å². The lowest BCUT2D eigenvalue weighted by molar-refractivity contribution is 0.0383. The Morgan fingerprint density at radius 2 is 1.65 bits per heavy atom. The number of ether oxygens (including phenoxy) is 1. The molecule has 2 saturated heterocycles. The zero-order chi connectivity index (χ0) is 23.9. The largest absolute Gasteiger partial charge is 0.379 e. The molecule has 0 unspecified atom stereocenters. The minimum absolute atomic E-state index is 0.0798. The van der Waals surface area contributed by atoms with E-state index in [0.29, 0.717) is 36.7 Å². The smallest absolute Gasteiger partial charge is 0.323 e. The van der Waals surface area contributed by atoms with Crippen LogP contribution in [0.15, 0.2) is 36.4 Å². The molecule has 2 fully saturated rings. The number of anilines is 3. The number of carbonyl (C=O) groups excluding carboxylic acids is 2. The van der Waals surface area contributed by atoms with E-state index in [1.165, 1.54) is 18.2 Å². The Bertz CT molecular complexity index is 1030. The van der Waals surface area contributed by atoms with Crippen LogP contribution in [-0.4, -0.2) is 69.3 Å². The highest BCUT2D eigenvalue weighted by atomic mass is 35.5. The summed E-state index contributed by atoms with van der Waals surface area (Å²) < 4.78 is 18.7. The Morgan fingerprint density at radius 3 is 2.35 bits per heavy atom. The number of rotatable bonds is 7. The number of hydrogen-bond acceptors (Lipinski definition) is 5. The molecule has 0 bridgehead atoms. The molecule has 2 aromatic rings. The maximum atomic E-state index is 13.4. The molecule has 34 heavy (non-hydrogen) atoms. The number of morpholine rings is 1. The van der Waals surface area contributed by atoms with Gasteiger partial charge in [0.1, 0.15) is 5.82 Å². The monoisotopic (exact) mass is 489 g/mol. The fourth-order valence-electron chi connectivity index (χ4n) is 4.14. The van der Waals surface area contributed by atoms with Crippen LogP contribution in [0.1, 0.15) is 23.2 Å². The van der Waals surface area contributed by atoms with Crippen molar-refractivity contribution in [1.82, 2.24) is 10.2 Å². The van der Waals surface area contributed by atoms with Crippen LogP contribution in [0.2, 0.25) is 5.02 Å². The van der Waals surface area contributed by atoms with Gasteiger partial charge >= 0.3 is 6.03 Å². The summed E-state index contributed by atoms with van der Waals surface area (Å²) in [6.45, 7) is 6.24. The molecule has 0 saturated carbocycles. The zero-order valence-electron chi connectivity index (χ0n) is 18.9. The van der Waals surface area contributed by atoms with E-state index in [9.17, 15) is 14.0 Å². The van der Waals surface area contributed by atoms with Gasteiger partial charge in [-0.2, -0.15) is 0 Å². The molecular weight excluding hydrogens is 461 g/mol. The third kappa shape index (κ3) is 6.37. The maximum Gasteiger partial charge on any atom is 0.323 e. The van der Waals surface area contributed by atoms with Gasteiger partial charge in [-0.3, -0.25) is 9.69 Å². The second-order valence-corrected chi connectivity index (χ2v) is 8.75.